The number of anilines is 1. The van der Waals surface area contributed by atoms with Crippen LogP contribution in [0.25, 0.3) is 0 Å². The predicted molar refractivity (Wildman–Crippen MR) is 67.9 cm³/mol. The number of nitrogens with zero attached hydrogens (tertiary/aromatic N) is 2. The van der Waals surface area contributed by atoms with E-state index in [9.17, 15) is 4.79 Å². The topological polar surface area (TPSA) is 80.9 Å². The van der Waals surface area contributed by atoms with E-state index in [1.807, 2.05) is 6.92 Å². The van der Waals surface area contributed by atoms with Crippen molar-refractivity contribution in [2.24, 2.45) is 11.7 Å². The number of carbonyl (C=O) groups is 1. The number of hydrogen-bond acceptors (Lipinski definition) is 4. The molecule has 0 fully saturated rings. The summed E-state index contributed by atoms with van der Waals surface area (Å²) in [6, 6.07) is 1.63. The minimum Gasteiger partial charge on any atom is -0.330 e. The van der Waals surface area contributed by atoms with Gasteiger partial charge in [0.1, 0.15) is 5.15 Å². The Kier molecular flexibility index (Phi) is 5.31. The average Bonchev–Trinajstić information content (AvgIpc) is 2.24. The summed E-state index contributed by atoms with van der Waals surface area (Å²) in [5, 5.41) is 2.94. The molecule has 5 nitrogen and oxygen atoms in total. The van der Waals surface area contributed by atoms with Crippen LogP contribution in [0.3, 0.4) is 0 Å². The van der Waals surface area contributed by atoms with Gasteiger partial charge in [-0.25, -0.2) is 9.97 Å². The van der Waals surface area contributed by atoms with Crippen molar-refractivity contribution in [1.82, 2.24) is 9.97 Å². The van der Waals surface area contributed by atoms with Crippen LogP contribution < -0.4 is 11.1 Å². The van der Waals surface area contributed by atoms with E-state index in [1.54, 1.807) is 13.0 Å². The highest BCUT2D eigenvalue weighted by molar-refractivity contribution is 6.29. The van der Waals surface area contributed by atoms with Gasteiger partial charge in [0.05, 0.1) is 0 Å². The van der Waals surface area contributed by atoms with Crippen molar-refractivity contribution < 1.29 is 4.79 Å². The number of nitrogens with two attached hydrogens (primary N) is 1. The largest absolute Gasteiger partial charge is 0.330 e. The van der Waals surface area contributed by atoms with Crippen LogP contribution in [0.1, 0.15) is 25.5 Å². The Labute approximate surface area is 106 Å². The summed E-state index contributed by atoms with van der Waals surface area (Å²) in [7, 11) is 0. The first-order chi connectivity index (χ1) is 8.01. The van der Waals surface area contributed by atoms with E-state index >= 15 is 0 Å². The molecule has 1 aromatic heterocycles. The zero-order chi connectivity index (χ0) is 12.8. The molecule has 3 N–H and O–H groups in total. The van der Waals surface area contributed by atoms with Crippen molar-refractivity contribution in [1.29, 1.82) is 0 Å². The summed E-state index contributed by atoms with van der Waals surface area (Å²) in [6.07, 6.45) is 1.16. The van der Waals surface area contributed by atoms with Gasteiger partial charge in [-0.3, -0.25) is 10.1 Å². The van der Waals surface area contributed by atoms with E-state index in [1.165, 1.54) is 0 Å². The molecule has 0 saturated heterocycles. The number of nitrogens with one attached hydrogen (secondary N) is 1. The molecule has 17 heavy (non-hydrogen) atoms. The molecule has 1 amide bonds. The minimum atomic E-state index is -0.119. The third-order valence-electron chi connectivity index (χ3n) is 2.34. The van der Waals surface area contributed by atoms with Crippen molar-refractivity contribution in [2.75, 3.05) is 11.9 Å². The Morgan fingerprint density at radius 1 is 1.59 bits per heavy atom. The lowest BCUT2D eigenvalue weighted by Crippen LogP contribution is -2.17. The van der Waals surface area contributed by atoms with E-state index in [0.29, 0.717) is 24.0 Å². The van der Waals surface area contributed by atoms with Gasteiger partial charge in [0.2, 0.25) is 11.9 Å². The van der Waals surface area contributed by atoms with E-state index in [-0.39, 0.29) is 11.9 Å². The highest BCUT2D eigenvalue weighted by Gasteiger charge is 2.08. The number of aryl methyl sites for hydroxylation is 1. The van der Waals surface area contributed by atoms with Crippen molar-refractivity contribution in [3.8, 4) is 0 Å². The summed E-state index contributed by atoms with van der Waals surface area (Å²) in [5.41, 5.74) is 6.19. The maximum Gasteiger partial charge on any atom is 0.231 e. The maximum absolute atomic E-state index is 11.6. The molecule has 1 aromatic rings. The third-order valence-corrected chi connectivity index (χ3v) is 2.53. The molecule has 0 aliphatic heterocycles. The van der Waals surface area contributed by atoms with Gasteiger partial charge in [-0.1, -0.05) is 18.5 Å². The van der Waals surface area contributed by atoms with Gasteiger partial charge >= 0.3 is 0 Å². The predicted octanol–water partition coefficient (Wildman–Crippen LogP) is 1.75. The Hall–Kier alpha value is -1.20. The second-order valence-electron chi connectivity index (χ2n) is 4.08. The van der Waals surface area contributed by atoms with Crippen LogP contribution in [0.2, 0.25) is 5.15 Å². The summed E-state index contributed by atoms with van der Waals surface area (Å²) in [6.45, 7) is 4.38. The smallest absolute Gasteiger partial charge is 0.231 e. The number of hydrogen-bond donors (Lipinski definition) is 2. The molecule has 0 aliphatic rings. The molecule has 0 spiro atoms. The number of rotatable bonds is 5. The Morgan fingerprint density at radius 3 is 2.88 bits per heavy atom. The molecule has 0 bridgehead atoms. The molecule has 0 radical (unpaired) electrons. The molecule has 1 atom stereocenters. The Balaban J connectivity index is 2.50. The van der Waals surface area contributed by atoms with Crippen LogP contribution in [0.5, 0.6) is 0 Å². The lowest BCUT2D eigenvalue weighted by molar-refractivity contribution is -0.116. The van der Waals surface area contributed by atoms with Crippen LogP contribution in [-0.2, 0) is 4.79 Å². The van der Waals surface area contributed by atoms with E-state index in [0.717, 1.165) is 12.1 Å². The first kappa shape index (κ1) is 13.9. The van der Waals surface area contributed by atoms with E-state index < -0.39 is 0 Å². The standard InChI is InChI=1S/C11H17ClN4O/c1-7(6-13)3-4-10(17)16-11-14-8(2)5-9(12)15-11/h5,7H,3-4,6,13H2,1-2H3,(H,14,15,16,17). The quantitative estimate of drug-likeness (QED) is 0.787. The lowest BCUT2D eigenvalue weighted by atomic mass is 10.1. The third kappa shape index (κ3) is 5.10. The normalized spacial score (nSPS) is 12.2. The van der Waals surface area contributed by atoms with Gasteiger partial charge in [0, 0.05) is 12.1 Å². The second kappa shape index (κ2) is 6.51. The average molecular weight is 257 g/mol. The van der Waals surface area contributed by atoms with Gasteiger partial charge < -0.3 is 5.73 Å². The molecule has 1 unspecified atom stereocenters. The van der Waals surface area contributed by atoms with Crippen molar-refractivity contribution >= 4 is 23.5 Å². The van der Waals surface area contributed by atoms with Crippen molar-refractivity contribution in [3.05, 3.63) is 16.9 Å². The SMILES string of the molecule is Cc1cc(Cl)nc(NC(=O)CCC(C)CN)n1. The highest BCUT2D eigenvalue weighted by Crippen LogP contribution is 2.10. The molecular formula is C11H17ClN4O. The van der Waals surface area contributed by atoms with Gasteiger partial charge in [0.25, 0.3) is 0 Å². The summed E-state index contributed by atoms with van der Waals surface area (Å²) >= 11 is 5.76. The zero-order valence-corrected chi connectivity index (χ0v) is 10.8. The van der Waals surface area contributed by atoms with Gasteiger partial charge in [-0.15, -0.1) is 0 Å². The number of carbonyl (C=O) groups excluding carboxylic acids is 1. The lowest BCUT2D eigenvalue weighted by Gasteiger charge is -2.08. The Bertz CT molecular complexity index is 377. The van der Waals surface area contributed by atoms with Crippen LogP contribution in [0, 0.1) is 12.8 Å². The molecule has 0 aliphatic carbocycles. The molecular weight excluding hydrogens is 240 g/mol. The number of amides is 1. The van der Waals surface area contributed by atoms with Crippen molar-refractivity contribution in [3.63, 3.8) is 0 Å². The second-order valence-corrected chi connectivity index (χ2v) is 4.47. The van der Waals surface area contributed by atoms with Crippen LogP contribution >= 0.6 is 11.6 Å². The maximum atomic E-state index is 11.6. The molecule has 0 aromatic carbocycles. The molecule has 94 valence electrons. The summed E-state index contributed by atoms with van der Waals surface area (Å²) < 4.78 is 0. The Morgan fingerprint density at radius 2 is 2.29 bits per heavy atom. The molecule has 0 saturated carbocycles. The van der Waals surface area contributed by atoms with E-state index in [2.05, 4.69) is 15.3 Å². The monoisotopic (exact) mass is 256 g/mol. The van der Waals surface area contributed by atoms with Crippen molar-refractivity contribution in [2.45, 2.75) is 26.7 Å². The molecule has 6 heteroatoms. The summed E-state index contributed by atoms with van der Waals surface area (Å²) in [4.78, 5) is 19.6. The number of aromatic nitrogens is 2. The fraction of sp³-hybridized carbons (Fsp3) is 0.545. The van der Waals surface area contributed by atoms with Gasteiger partial charge in [0.15, 0.2) is 0 Å². The van der Waals surface area contributed by atoms with Crippen LogP contribution in [-0.4, -0.2) is 22.4 Å². The first-order valence-corrected chi connectivity index (χ1v) is 5.90. The zero-order valence-electron chi connectivity index (χ0n) is 10.0. The minimum absolute atomic E-state index is 0.119. The molecule has 1 rings (SSSR count). The first-order valence-electron chi connectivity index (χ1n) is 5.52. The number of halogens is 1. The van der Waals surface area contributed by atoms with E-state index in [4.69, 9.17) is 17.3 Å². The van der Waals surface area contributed by atoms with Crippen LogP contribution in [0.4, 0.5) is 5.95 Å². The fourth-order valence-electron chi connectivity index (χ4n) is 1.27. The van der Waals surface area contributed by atoms with Gasteiger partial charge in [-0.2, -0.15) is 0 Å². The van der Waals surface area contributed by atoms with Crippen LogP contribution in [0.15, 0.2) is 6.07 Å². The van der Waals surface area contributed by atoms with Gasteiger partial charge in [-0.05, 0) is 31.9 Å². The highest BCUT2D eigenvalue weighted by atomic mass is 35.5. The fourth-order valence-corrected chi connectivity index (χ4v) is 1.51. The summed E-state index contributed by atoms with van der Waals surface area (Å²) in [5.74, 6) is 0.468. The molecule has 1 heterocycles.